The summed E-state index contributed by atoms with van der Waals surface area (Å²) in [5.41, 5.74) is 0.926. The number of hydrogen-bond acceptors (Lipinski definition) is 6. The summed E-state index contributed by atoms with van der Waals surface area (Å²) in [7, 11) is 1.80. The van der Waals surface area contributed by atoms with Crippen molar-refractivity contribution in [1.29, 1.82) is 0 Å². The van der Waals surface area contributed by atoms with Crippen molar-refractivity contribution >= 4 is 11.9 Å². The lowest BCUT2D eigenvalue weighted by Gasteiger charge is -2.63. The molecule has 0 bridgehead atoms. The SMILES string of the molecule is COC1(OC2CCCC2)CCC=C2CCC3C4CC[C@H](OC(C)=O)[C@@]4(C)CCC3[C@]21COC(C)=O. The molecule has 6 nitrogen and oxygen atoms in total. The smallest absolute Gasteiger partial charge is 0.302 e. The summed E-state index contributed by atoms with van der Waals surface area (Å²) >= 11 is 0. The van der Waals surface area contributed by atoms with Gasteiger partial charge in [0.25, 0.3) is 0 Å². The highest BCUT2D eigenvalue weighted by molar-refractivity contribution is 5.66. The van der Waals surface area contributed by atoms with Crippen LogP contribution >= 0.6 is 0 Å². The Balaban J connectivity index is 1.55. The van der Waals surface area contributed by atoms with Gasteiger partial charge >= 0.3 is 11.9 Å². The molecule has 0 radical (unpaired) electrons. The molecule has 0 aromatic carbocycles. The monoisotopic (exact) mass is 488 g/mol. The second-order valence-electron chi connectivity index (χ2n) is 12.1. The Morgan fingerprint density at radius 1 is 0.971 bits per heavy atom. The molecule has 0 spiro atoms. The fourth-order valence-electron chi connectivity index (χ4n) is 9.20. The highest BCUT2D eigenvalue weighted by Gasteiger charge is 2.68. The third-order valence-electron chi connectivity index (χ3n) is 10.6. The first-order chi connectivity index (χ1) is 16.8. The van der Waals surface area contributed by atoms with Gasteiger partial charge in [-0.2, -0.15) is 0 Å². The minimum atomic E-state index is -0.771. The molecule has 0 aliphatic heterocycles. The van der Waals surface area contributed by atoms with Gasteiger partial charge in [-0.3, -0.25) is 9.59 Å². The van der Waals surface area contributed by atoms with Crippen molar-refractivity contribution in [3.8, 4) is 0 Å². The average molecular weight is 489 g/mol. The van der Waals surface area contributed by atoms with Crippen molar-refractivity contribution in [2.45, 2.75) is 116 Å². The highest BCUT2D eigenvalue weighted by atomic mass is 16.7. The van der Waals surface area contributed by atoms with E-state index in [0.29, 0.717) is 24.4 Å². The Hall–Kier alpha value is -1.40. The van der Waals surface area contributed by atoms with E-state index in [9.17, 15) is 9.59 Å². The Morgan fingerprint density at radius 3 is 2.43 bits per heavy atom. The molecule has 5 aliphatic rings. The molecule has 5 aliphatic carbocycles. The second-order valence-corrected chi connectivity index (χ2v) is 12.1. The van der Waals surface area contributed by atoms with Crippen molar-refractivity contribution in [2.75, 3.05) is 13.7 Å². The summed E-state index contributed by atoms with van der Waals surface area (Å²) < 4.78 is 25.3. The van der Waals surface area contributed by atoms with Gasteiger partial charge < -0.3 is 18.9 Å². The lowest BCUT2D eigenvalue weighted by Crippen LogP contribution is -2.66. The molecule has 6 heteroatoms. The van der Waals surface area contributed by atoms with Crippen molar-refractivity contribution in [1.82, 2.24) is 0 Å². The van der Waals surface area contributed by atoms with Crippen LogP contribution in [0.2, 0.25) is 0 Å². The number of carbonyl (C=O) groups is 2. The molecule has 0 heterocycles. The number of fused-ring (bicyclic) bond motifs is 5. The molecule has 5 rings (SSSR count). The van der Waals surface area contributed by atoms with Gasteiger partial charge in [0.1, 0.15) is 12.7 Å². The summed E-state index contributed by atoms with van der Waals surface area (Å²) in [4.78, 5) is 24.0. The Kier molecular flexibility index (Phi) is 6.84. The molecule has 7 atom stereocenters. The summed E-state index contributed by atoms with van der Waals surface area (Å²) in [5, 5.41) is 0. The topological polar surface area (TPSA) is 71.1 Å². The molecule has 0 aromatic heterocycles. The van der Waals surface area contributed by atoms with Gasteiger partial charge in [-0.15, -0.1) is 0 Å². The number of rotatable bonds is 6. The zero-order valence-electron chi connectivity index (χ0n) is 22.1. The lowest BCUT2D eigenvalue weighted by atomic mass is 9.45. The maximum Gasteiger partial charge on any atom is 0.302 e. The van der Waals surface area contributed by atoms with Crippen LogP contribution < -0.4 is 0 Å². The van der Waals surface area contributed by atoms with E-state index in [1.165, 1.54) is 32.3 Å². The fraction of sp³-hybridized carbons (Fsp3) is 0.862. The van der Waals surface area contributed by atoms with Crippen LogP contribution in [0.3, 0.4) is 0 Å². The molecule has 4 fully saturated rings. The molecule has 0 saturated heterocycles. The van der Waals surface area contributed by atoms with Gasteiger partial charge in [0.05, 0.1) is 11.5 Å². The van der Waals surface area contributed by atoms with Crippen LogP contribution in [0.15, 0.2) is 11.6 Å². The molecule has 0 N–H and O–H groups in total. The van der Waals surface area contributed by atoms with Crippen LogP contribution in [0.5, 0.6) is 0 Å². The fourth-order valence-corrected chi connectivity index (χ4v) is 9.20. The van der Waals surface area contributed by atoms with E-state index in [0.717, 1.165) is 64.2 Å². The van der Waals surface area contributed by atoms with E-state index in [1.807, 2.05) is 0 Å². The van der Waals surface area contributed by atoms with Crippen LogP contribution in [-0.4, -0.2) is 43.7 Å². The Labute approximate surface area is 210 Å². The van der Waals surface area contributed by atoms with Gasteiger partial charge in [0.2, 0.25) is 0 Å². The molecule has 196 valence electrons. The maximum absolute atomic E-state index is 12.2. The molecule has 35 heavy (non-hydrogen) atoms. The van der Waals surface area contributed by atoms with Gasteiger partial charge in [-0.25, -0.2) is 0 Å². The third kappa shape index (κ3) is 3.98. The van der Waals surface area contributed by atoms with E-state index >= 15 is 0 Å². The standard InChI is InChI=1S/C29H44O6/c1-19(30)33-18-28-21(8-7-16-29(28,32-4)35-22-9-5-6-10-22)11-12-23-24-13-14-26(34-20(2)31)27(24,3)17-15-25(23)28/h8,22-26H,5-7,9-18H2,1-4H3/t23?,24?,25?,26-,27-,28-,29?/m0/s1. The quantitative estimate of drug-likeness (QED) is 0.270. The number of methoxy groups -OCH3 is 1. The first kappa shape index (κ1) is 25.3. The molecule has 4 unspecified atom stereocenters. The Morgan fingerprint density at radius 2 is 1.74 bits per heavy atom. The number of esters is 2. The van der Waals surface area contributed by atoms with Crippen molar-refractivity contribution in [3.05, 3.63) is 11.6 Å². The predicted octanol–water partition coefficient (Wildman–Crippen LogP) is 5.73. The van der Waals surface area contributed by atoms with Crippen LogP contribution in [-0.2, 0) is 28.5 Å². The van der Waals surface area contributed by atoms with E-state index in [4.69, 9.17) is 18.9 Å². The predicted molar refractivity (Wildman–Crippen MR) is 131 cm³/mol. The van der Waals surface area contributed by atoms with E-state index in [-0.39, 0.29) is 29.6 Å². The van der Waals surface area contributed by atoms with Crippen LogP contribution in [0.1, 0.15) is 97.8 Å². The number of allylic oxidation sites excluding steroid dienone is 1. The highest BCUT2D eigenvalue weighted by Crippen LogP contribution is 2.68. The summed E-state index contributed by atoms with van der Waals surface area (Å²) in [6, 6.07) is 0. The molecule has 0 amide bonds. The summed E-state index contributed by atoms with van der Waals surface area (Å²) in [6.45, 7) is 5.71. The Bertz CT molecular complexity index is 861. The summed E-state index contributed by atoms with van der Waals surface area (Å²) in [6.07, 6.45) is 15.1. The largest absolute Gasteiger partial charge is 0.465 e. The van der Waals surface area contributed by atoms with Crippen molar-refractivity contribution in [2.24, 2.45) is 28.6 Å². The van der Waals surface area contributed by atoms with E-state index in [2.05, 4.69) is 13.0 Å². The minimum absolute atomic E-state index is 0.000542. The third-order valence-corrected chi connectivity index (χ3v) is 10.6. The van der Waals surface area contributed by atoms with E-state index in [1.54, 1.807) is 7.11 Å². The van der Waals surface area contributed by atoms with E-state index < -0.39 is 11.2 Å². The average Bonchev–Trinajstić information content (AvgIpc) is 3.45. The first-order valence-electron chi connectivity index (χ1n) is 14.0. The van der Waals surface area contributed by atoms with Gasteiger partial charge in [0.15, 0.2) is 5.79 Å². The number of ether oxygens (including phenoxy) is 4. The first-order valence-corrected chi connectivity index (χ1v) is 14.0. The molecule has 0 aromatic rings. The van der Waals surface area contributed by atoms with Crippen LogP contribution in [0.4, 0.5) is 0 Å². The van der Waals surface area contributed by atoms with Crippen molar-refractivity contribution < 1.29 is 28.5 Å². The molecule has 4 saturated carbocycles. The van der Waals surface area contributed by atoms with Gasteiger partial charge in [-0.05, 0) is 75.5 Å². The minimum Gasteiger partial charge on any atom is -0.465 e. The zero-order chi connectivity index (χ0) is 24.8. The lowest BCUT2D eigenvalue weighted by molar-refractivity contribution is -0.333. The summed E-state index contributed by atoms with van der Waals surface area (Å²) in [5.74, 6) is 0.0966. The van der Waals surface area contributed by atoms with Crippen LogP contribution in [0, 0.1) is 28.6 Å². The van der Waals surface area contributed by atoms with Gasteiger partial charge in [0, 0.05) is 32.8 Å². The molecular formula is C29H44O6. The van der Waals surface area contributed by atoms with Crippen LogP contribution in [0.25, 0.3) is 0 Å². The number of hydrogen-bond donors (Lipinski definition) is 0. The maximum atomic E-state index is 12.2. The van der Waals surface area contributed by atoms with Crippen molar-refractivity contribution in [3.63, 3.8) is 0 Å². The second kappa shape index (κ2) is 9.48. The molecular weight excluding hydrogens is 444 g/mol. The zero-order valence-corrected chi connectivity index (χ0v) is 22.1. The van der Waals surface area contributed by atoms with Gasteiger partial charge in [-0.1, -0.05) is 31.4 Å². The number of carbonyl (C=O) groups excluding carboxylic acids is 2. The normalized spacial score (nSPS) is 43.0.